The second kappa shape index (κ2) is 3.91. The highest BCUT2D eigenvalue weighted by molar-refractivity contribution is 5.83. The number of aromatic hydroxyl groups is 1. The fraction of sp³-hybridized carbons (Fsp3) is 0.417. The highest BCUT2D eigenvalue weighted by Crippen LogP contribution is 2.47. The molecule has 0 aliphatic heterocycles. The summed E-state index contributed by atoms with van der Waals surface area (Å²) in [5.41, 5.74) is -1.15. The number of phenolic OH excluding ortho intramolecular Hbond substituents is 1. The second-order valence-electron chi connectivity index (χ2n) is 4.24. The van der Waals surface area contributed by atoms with Crippen LogP contribution in [0.15, 0.2) is 12.1 Å². The van der Waals surface area contributed by atoms with Gasteiger partial charge in [-0.25, -0.2) is 4.39 Å². The van der Waals surface area contributed by atoms with Crippen molar-refractivity contribution >= 4 is 5.97 Å². The molecule has 92 valence electrons. The molecule has 17 heavy (non-hydrogen) atoms. The van der Waals surface area contributed by atoms with Crippen LogP contribution in [0.5, 0.6) is 11.5 Å². The molecule has 0 spiro atoms. The van der Waals surface area contributed by atoms with E-state index in [1.54, 1.807) is 0 Å². The molecular formula is C12H13FO4. The van der Waals surface area contributed by atoms with Gasteiger partial charge in [0.25, 0.3) is 0 Å². The lowest BCUT2D eigenvalue weighted by molar-refractivity contribution is -0.147. The third-order valence-corrected chi connectivity index (χ3v) is 3.40. The van der Waals surface area contributed by atoms with Gasteiger partial charge in [0.05, 0.1) is 12.5 Å². The van der Waals surface area contributed by atoms with E-state index in [9.17, 15) is 19.4 Å². The van der Waals surface area contributed by atoms with Crippen LogP contribution in [0.4, 0.5) is 4.39 Å². The van der Waals surface area contributed by atoms with Crippen LogP contribution in [0.25, 0.3) is 0 Å². The van der Waals surface area contributed by atoms with E-state index in [1.807, 2.05) is 0 Å². The molecule has 0 radical (unpaired) electrons. The minimum atomic E-state index is -1.19. The van der Waals surface area contributed by atoms with Crippen LogP contribution in [0.1, 0.15) is 24.8 Å². The zero-order valence-electron chi connectivity index (χ0n) is 9.36. The Morgan fingerprint density at radius 1 is 1.47 bits per heavy atom. The van der Waals surface area contributed by atoms with Crippen LogP contribution in [0.2, 0.25) is 0 Å². The lowest BCUT2D eigenvalue weighted by Gasteiger charge is -2.38. The van der Waals surface area contributed by atoms with E-state index in [1.165, 1.54) is 7.11 Å². The number of benzene rings is 1. The molecule has 1 fully saturated rings. The van der Waals surface area contributed by atoms with E-state index < -0.39 is 17.2 Å². The Hall–Kier alpha value is -1.78. The maximum absolute atomic E-state index is 13.8. The molecule has 1 aromatic carbocycles. The summed E-state index contributed by atoms with van der Waals surface area (Å²) in [5, 5.41) is 18.8. The Kier molecular flexibility index (Phi) is 2.69. The number of rotatable bonds is 3. The van der Waals surface area contributed by atoms with Gasteiger partial charge in [0.1, 0.15) is 5.82 Å². The highest BCUT2D eigenvalue weighted by atomic mass is 19.1. The van der Waals surface area contributed by atoms with Gasteiger partial charge in [0.2, 0.25) is 0 Å². The number of ether oxygens (including phenoxy) is 1. The van der Waals surface area contributed by atoms with Crippen LogP contribution >= 0.6 is 0 Å². The Morgan fingerprint density at radius 3 is 2.53 bits per heavy atom. The van der Waals surface area contributed by atoms with Gasteiger partial charge in [-0.15, -0.1) is 0 Å². The number of hydrogen-bond donors (Lipinski definition) is 2. The third-order valence-electron chi connectivity index (χ3n) is 3.40. The number of phenols is 1. The van der Waals surface area contributed by atoms with E-state index >= 15 is 0 Å². The molecule has 0 aromatic heterocycles. The molecule has 0 atom stereocenters. The third kappa shape index (κ3) is 1.62. The Labute approximate surface area is 97.6 Å². The molecule has 2 N–H and O–H groups in total. The summed E-state index contributed by atoms with van der Waals surface area (Å²) in [4.78, 5) is 11.2. The minimum absolute atomic E-state index is 0.00566. The number of hydrogen-bond acceptors (Lipinski definition) is 3. The normalized spacial score (nSPS) is 17.3. The van der Waals surface area contributed by atoms with Gasteiger partial charge in [-0.1, -0.05) is 6.42 Å². The predicted octanol–water partition coefficient (Wildman–Crippen LogP) is 2.05. The highest BCUT2D eigenvalue weighted by Gasteiger charge is 2.48. The summed E-state index contributed by atoms with van der Waals surface area (Å²) in [7, 11) is 1.31. The van der Waals surface area contributed by atoms with E-state index in [0.717, 1.165) is 18.6 Å². The lowest BCUT2D eigenvalue weighted by Crippen LogP contribution is -2.43. The summed E-state index contributed by atoms with van der Waals surface area (Å²) >= 11 is 0. The lowest BCUT2D eigenvalue weighted by atomic mass is 9.64. The first-order valence-electron chi connectivity index (χ1n) is 5.31. The van der Waals surface area contributed by atoms with E-state index in [2.05, 4.69) is 0 Å². The van der Waals surface area contributed by atoms with Crippen molar-refractivity contribution in [3.8, 4) is 11.5 Å². The smallest absolute Gasteiger partial charge is 0.314 e. The second-order valence-corrected chi connectivity index (χ2v) is 4.24. The fourth-order valence-electron chi connectivity index (χ4n) is 2.20. The van der Waals surface area contributed by atoms with Crippen molar-refractivity contribution < 1.29 is 24.1 Å². The number of carboxylic acids is 1. The molecular weight excluding hydrogens is 227 g/mol. The standard InChI is InChI=1S/C12H13FO4/c1-17-10-6-8(13)7(5-9(10)14)12(11(15)16)3-2-4-12/h5-6,14H,2-4H2,1H3,(H,15,16). The summed E-state index contributed by atoms with van der Waals surface area (Å²) in [6, 6.07) is 2.18. The number of halogens is 1. The van der Waals surface area contributed by atoms with Gasteiger partial charge in [-0.05, 0) is 18.9 Å². The summed E-state index contributed by atoms with van der Waals surface area (Å²) in [6.45, 7) is 0. The number of aliphatic carboxylic acids is 1. The molecule has 0 saturated heterocycles. The first kappa shape index (κ1) is 11.7. The Bertz CT molecular complexity index is 466. The Morgan fingerprint density at radius 2 is 2.12 bits per heavy atom. The van der Waals surface area contributed by atoms with E-state index in [0.29, 0.717) is 12.8 Å². The van der Waals surface area contributed by atoms with Gasteiger partial charge in [0.15, 0.2) is 11.5 Å². The van der Waals surface area contributed by atoms with Gasteiger partial charge in [0, 0.05) is 11.6 Å². The van der Waals surface area contributed by atoms with Crippen molar-refractivity contribution in [3.63, 3.8) is 0 Å². The SMILES string of the molecule is COc1cc(F)c(C2(C(=O)O)CCC2)cc1O. The van der Waals surface area contributed by atoms with Crippen LogP contribution < -0.4 is 4.74 Å². The molecule has 4 nitrogen and oxygen atoms in total. The largest absolute Gasteiger partial charge is 0.504 e. The zero-order chi connectivity index (χ0) is 12.6. The van der Waals surface area contributed by atoms with Crippen molar-refractivity contribution in [2.24, 2.45) is 0 Å². The molecule has 1 aliphatic carbocycles. The molecule has 5 heteroatoms. The van der Waals surface area contributed by atoms with Crippen molar-refractivity contribution in [3.05, 3.63) is 23.5 Å². The Balaban J connectivity index is 2.52. The number of methoxy groups -OCH3 is 1. The maximum Gasteiger partial charge on any atom is 0.314 e. The molecule has 0 heterocycles. The van der Waals surface area contributed by atoms with E-state index in [4.69, 9.17) is 4.74 Å². The summed E-state index contributed by atoms with van der Waals surface area (Å²) in [5.74, 6) is -1.93. The molecule has 0 amide bonds. The monoisotopic (exact) mass is 240 g/mol. The molecule has 0 bridgehead atoms. The molecule has 0 unspecified atom stereocenters. The average Bonchev–Trinajstić information content (AvgIpc) is 2.20. The quantitative estimate of drug-likeness (QED) is 0.848. The zero-order valence-corrected chi connectivity index (χ0v) is 9.36. The van der Waals surface area contributed by atoms with Crippen LogP contribution in [0.3, 0.4) is 0 Å². The van der Waals surface area contributed by atoms with Crippen molar-refractivity contribution in [2.45, 2.75) is 24.7 Å². The molecule has 1 saturated carbocycles. The van der Waals surface area contributed by atoms with Gasteiger partial charge in [-0.3, -0.25) is 4.79 Å². The average molecular weight is 240 g/mol. The first-order valence-corrected chi connectivity index (χ1v) is 5.31. The minimum Gasteiger partial charge on any atom is -0.504 e. The van der Waals surface area contributed by atoms with Crippen LogP contribution in [-0.4, -0.2) is 23.3 Å². The number of carboxylic acid groups (broad SMARTS) is 1. The predicted molar refractivity (Wildman–Crippen MR) is 57.8 cm³/mol. The molecule has 1 aliphatic rings. The molecule has 2 rings (SSSR count). The van der Waals surface area contributed by atoms with Crippen LogP contribution in [0, 0.1) is 5.82 Å². The van der Waals surface area contributed by atoms with Crippen molar-refractivity contribution in [1.82, 2.24) is 0 Å². The van der Waals surface area contributed by atoms with Gasteiger partial charge in [-0.2, -0.15) is 0 Å². The van der Waals surface area contributed by atoms with Gasteiger partial charge >= 0.3 is 5.97 Å². The maximum atomic E-state index is 13.8. The van der Waals surface area contributed by atoms with Crippen molar-refractivity contribution in [1.29, 1.82) is 0 Å². The van der Waals surface area contributed by atoms with Crippen LogP contribution in [-0.2, 0) is 10.2 Å². The fourth-order valence-corrected chi connectivity index (χ4v) is 2.20. The van der Waals surface area contributed by atoms with Crippen molar-refractivity contribution in [2.75, 3.05) is 7.11 Å². The number of carbonyl (C=O) groups is 1. The first-order chi connectivity index (χ1) is 8.01. The summed E-state index contributed by atoms with van der Waals surface area (Å²) < 4.78 is 18.6. The summed E-state index contributed by atoms with van der Waals surface area (Å²) in [6.07, 6.45) is 1.54. The van der Waals surface area contributed by atoms with Gasteiger partial charge < -0.3 is 14.9 Å². The molecule has 1 aromatic rings. The topological polar surface area (TPSA) is 66.8 Å². The van der Waals surface area contributed by atoms with E-state index in [-0.39, 0.29) is 17.1 Å².